The van der Waals surface area contributed by atoms with Crippen molar-refractivity contribution in [3.8, 4) is 0 Å². The molecule has 1 rings (SSSR count). The molecule has 0 radical (unpaired) electrons. The third-order valence-electron chi connectivity index (χ3n) is 4.27. The predicted octanol–water partition coefficient (Wildman–Crippen LogP) is 4.20. The molecule has 1 saturated carbocycles. The largest absolute Gasteiger partial charge is 0.312 e. The van der Waals surface area contributed by atoms with Gasteiger partial charge < -0.3 is 10.2 Å². The van der Waals surface area contributed by atoms with Crippen molar-refractivity contribution >= 4 is 0 Å². The maximum atomic E-state index is 3.57. The Morgan fingerprint density at radius 2 is 1.68 bits per heavy atom. The molecule has 0 saturated heterocycles. The zero-order chi connectivity index (χ0) is 14.1. The minimum Gasteiger partial charge on any atom is -0.312 e. The monoisotopic (exact) mass is 268 g/mol. The lowest BCUT2D eigenvalue weighted by atomic mass is 9.94. The number of nitrogens with zero attached hydrogens (tertiary/aromatic N) is 1. The normalized spacial score (nSPS) is 18.2. The molecule has 1 aliphatic rings. The molecule has 114 valence electrons. The average molecular weight is 268 g/mol. The van der Waals surface area contributed by atoms with Crippen molar-refractivity contribution in [2.24, 2.45) is 0 Å². The van der Waals surface area contributed by atoms with Gasteiger partial charge in [-0.1, -0.05) is 32.6 Å². The van der Waals surface area contributed by atoms with E-state index in [9.17, 15) is 0 Å². The fraction of sp³-hybridized carbons (Fsp3) is 1.00. The second-order valence-corrected chi connectivity index (χ2v) is 7.16. The van der Waals surface area contributed by atoms with Crippen LogP contribution < -0.4 is 5.32 Å². The number of hydrogen-bond donors (Lipinski definition) is 1. The van der Waals surface area contributed by atoms with Crippen LogP contribution in [0.3, 0.4) is 0 Å². The molecular weight excluding hydrogens is 232 g/mol. The van der Waals surface area contributed by atoms with E-state index in [1.165, 1.54) is 71.0 Å². The summed E-state index contributed by atoms with van der Waals surface area (Å²) in [5.41, 5.74) is 0.275. The number of rotatable bonds is 8. The Kier molecular flexibility index (Phi) is 8.01. The van der Waals surface area contributed by atoms with Gasteiger partial charge in [-0.15, -0.1) is 0 Å². The van der Waals surface area contributed by atoms with Gasteiger partial charge in [-0.3, -0.25) is 0 Å². The summed E-state index contributed by atoms with van der Waals surface area (Å²) in [7, 11) is 0. The Bertz CT molecular complexity index is 214. The van der Waals surface area contributed by atoms with Crippen LogP contribution in [0.4, 0.5) is 0 Å². The first-order valence-electron chi connectivity index (χ1n) is 8.52. The molecule has 0 aromatic heterocycles. The molecule has 19 heavy (non-hydrogen) atoms. The second-order valence-electron chi connectivity index (χ2n) is 7.16. The summed E-state index contributed by atoms with van der Waals surface area (Å²) in [6, 6.07) is 0.895. The Hall–Kier alpha value is -0.0800. The van der Waals surface area contributed by atoms with Gasteiger partial charge in [-0.2, -0.15) is 0 Å². The van der Waals surface area contributed by atoms with Crippen molar-refractivity contribution in [1.29, 1.82) is 0 Å². The van der Waals surface area contributed by atoms with E-state index in [2.05, 4.69) is 37.9 Å². The van der Waals surface area contributed by atoms with Crippen LogP contribution in [0.2, 0.25) is 0 Å². The van der Waals surface area contributed by atoms with E-state index in [0.717, 1.165) is 6.04 Å². The number of unbranched alkanes of at least 4 members (excludes halogenated alkanes) is 2. The van der Waals surface area contributed by atoms with Gasteiger partial charge in [0.1, 0.15) is 0 Å². The molecule has 0 unspecified atom stereocenters. The van der Waals surface area contributed by atoms with Crippen molar-refractivity contribution in [3.63, 3.8) is 0 Å². The van der Waals surface area contributed by atoms with Crippen LogP contribution in [0.25, 0.3) is 0 Å². The third-order valence-corrected chi connectivity index (χ3v) is 4.27. The smallest absolute Gasteiger partial charge is 0.00965 e. The van der Waals surface area contributed by atoms with E-state index in [1.807, 2.05) is 0 Å². The molecule has 1 fully saturated rings. The maximum absolute atomic E-state index is 3.57. The highest BCUT2D eigenvalue weighted by atomic mass is 15.1. The topological polar surface area (TPSA) is 15.3 Å². The summed E-state index contributed by atoms with van der Waals surface area (Å²) in [4.78, 5) is 2.73. The maximum Gasteiger partial charge on any atom is 0.00965 e. The molecule has 0 atom stereocenters. The quantitative estimate of drug-likeness (QED) is 0.664. The number of hydrogen-bond acceptors (Lipinski definition) is 2. The van der Waals surface area contributed by atoms with Crippen molar-refractivity contribution < 1.29 is 0 Å². The molecule has 1 aliphatic carbocycles. The van der Waals surface area contributed by atoms with Crippen LogP contribution in [-0.2, 0) is 0 Å². The summed E-state index contributed by atoms with van der Waals surface area (Å²) in [5, 5.41) is 3.57. The summed E-state index contributed by atoms with van der Waals surface area (Å²) >= 11 is 0. The van der Waals surface area contributed by atoms with Gasteiger partial charge in [0.15, 0.2) is 0 Å². The van der Waals surface area contributed by atoms with Crippen molar-refractivity contribution in [1.82, 2.24) is 10.2 Å². The van der Waals surface area contributed by atoms with Crippen molar-refractivity contribution in [2.45, 2.75) is 90.6 Å². The van der Waals surface area contributed by atoms with Gasteiger partial charge in [0.05, 0.1) is 0 Å². The van der Waals surface area contributed by atoms with E-state index >= 15 is 0 Å². The van der Waals surface area contributed by atoms with Crippen LogP contribution in [0, 0.1) is 0 Å². The zero-order valence-corrected chi connectivity index (χ0v) is 13.8. The Labute approximate surface area is 121 Å². The fourth-order valence-corrected chi connectivity index (χ4v) is 3.13. The van der Waals surface area contributed by atoms with E-state index in [4.69, 9.17) is 0 Å². The second kappa shape index (κ2) is 8.97. The molecule has 2 heteroatoms. The zero-order valence-electron chi connectivity index (χ0n) is 13.8. The number of nitrogens with one attached hydrogen (secondary N) is 1. The molecule has 2 nitrogen and oxygen atoms in total. The van der Waals surface area contributed by atoms with E-state index in [1.54, 1.807) is 0 Å². The molecule has 0 amide bonds. The summed E-state index contributed by atoms with van der Waals surface area (Å²) < 4.78 is 0. The van der Waals surface area contributed by atoms with Crippen molar-refractivity contribution in [2.75, 3.05) is 19.6 Å². The predicted molar refractivity (Wildman–Crippen MR) is 85.7 cm³/mol. The van der Waals surface area contributed by atoms with Crippen LogP contribution in [0.5, 0.6) is 0 Å². The van der Waals surface area contributed by atoms with Crippen LogP contribution in [-0.4, -0.2) is 36.1 Å². The third kappa shape index (κ3) is 7.94. The lowest BCUT2D eigenvalue weighted by Gasteiger charge is -2.33. The molecular formula is C17H36N2. The van der Waals surface area contributed by atoms with Crippen LogP contribution in [0.15, 0.2) is 0 Å². The first-order valence-corrected chi connectivity index (χ1v) is 8.52. The molecule has 0 aromatic rings. The Morgan fingerprint density at radius 1 is 1.00 bits per heavy atom. The van der Waals surface area contributed by atoms with Gasteiger partial charge in [0.25, 0.3) is 0 Å². The minimum absolute atomic E-state index is 0.275. The highest BCUT2D eigenvalue weighted by Crippen LogP contribution is 2.22. The standard InChI is InChI=1S/C17H36N2/c1-5-19(16-12-8-6-9-13-16)15-11-7-10-14-18-17(2,3)4/h16,18H,5-15H2,1-4H3. The molecule has 0 heterocycles. The van der Waals surface area contributed by atoms with Crippen LogP contribution in [0.1, 0.15) is 79.1 Å². The Balaban J connectivity index is 2.06. The highest BCUT2D eigenvalue weighted by Gasteiger charge is 2.19. The van der Waals surface area contributed by atoms with Gasteiger partial charge in [-0.05, 0) is 66.1 Å². The molecule has 1 N–H and O–H groups in total. The molecule has 0 aliphatic heterocycles. The van der Waals surface area contributed by atoms with Gasteiger partial charge in [0.2, 0.25) is 0 Å². The summed E-state index contributed by atoms with van der Waals surface area (Å²) in [6.45, 7) is 12.8. The fourth-order valence-electron chi connectivity index (χ4n) is 3.13. The van der Waals surface area contributed by atoms with Gasteiger partial charge >= 0.3 is 0 Å². The van der Waals surface area contributed by atoms with E-state index in [0.29, 0.717) is 0 Å². The first-order chi connectivity index (χ1) is 9.03. The van der Waals surface area contributed by atoms with E-state index < -0.39 is 0 Å². The molecule has 0 bridgehead atoms. The van der Waals surface area contributed by atoms with Gasteiger partial charge in [0, 0.05) is 11.6 Å². The first kappa shape index (κ1) is 17.0. The highest BCUT2D eigenvalue weighted by molar-refractivity contribution is 4.75. The SMILES string of the molecule is CCN(CCCCCNC(C)(C)C)C1CCCCC1. The lowest BCUT2D eigenvalue weighted by Crippen LogP contribution is -2.37. The summed E-state index contributed by atoms with van der Waals surface area (Å²) in [6.07, 6.45) is 11.3. The van der Waals surface area contributed by atoms with Gasteiger partial charge in [-0.25, -0.2) is 0 Å². The Morgan fingerprint density at radius 3 is 2.26 bits per heavy atom. The molecule has 0 spiro atoms. The minimum atomic E-state index is 0.275. The lowest BCUT2D eigenvalue weighted by molar-refractivity contribution is 0.160. The average Bonchev–Trinajstić information content (AvgIpc) is 2.38. The van der Waals surface area contributed by atoms with Crippen molar-refractivity contribution in [3.05, 3.63) is 0 Å². The summed E-state index contributed by atoms with van der Waals surface area (Å²) in [5.74, 6) is 0. The van der Waals surface area contributed by atoms with Crippen LogP contribution >= 0.6 is 0 Å². The van der Waals surface area contributed by atoms with E-state index in [-0.39, 0.29) is 5.54 Å². The molecule has 0 aromatic carbocycles.